The Bertz CT molecular complexity index is 886. The fourth-order valence-electron chi connectivity index (χ4n) is 3.02. The summed E-state index contributed by atoms with van der Waals surface area (Å²) >= 11 is 5.96. The minimum atomic E-state index is -0.228. The molecular formula is C17H17ClFN5. The summed E-state index contributed by atoms with van der Waals surface area (Å²) in [4.78, 5) is 8.62. The Morgan fingerprint density at radius 3 is 2.62 bits per heavy atom. The molecule has 1 aromatic carbocycles. The quantitative estimate of drug-likeness (QED) is 0.715. The van der Waals surface area contributed by atoms with Crippen molar-refractivity contribution < 1.29 is 4.39 Å². The molecule has 0 spiro atoms. The number of nitrogens with zero attached hydrogens (tertiary/aromatic N) is 5. The Hall–Kier alpha value is -2.18. The molecule has 3 aromatic rings. The molecule has 0 N–H and O–H groups in total. The second-order valence-corrected chi connectivity index (χ2v) is 6.41. The lowest BCUT2D eigenvalue weighted by Crippen LogP contribution is -2.44. The zero-order chi connectivity index (χ0) is 16.7. The molecule has 0 radical (unpaired) electrons. The van der Waals surface area contributed by atoms with Crippen molar-refractivity contribution in [2.45, 2.75) is 0 Å². The van der Waals surface area contributed by atoms with E-state index in [0.717, 1.165) is 37.4 Å². The first-order valence-corrected chi connectivity index (χ1v) is 8.23. The summed E-state index contributed by atoms with van der Waals surface area (Å²) in [5.74, 6) is -0.228. The second kappa shape index (κ2) is 6.03. The Kier molecular flexibility index (Phi) is 3.86. The first-order valence-electron chi connectivity index (χ1n) is 7.85. The minimum absolute atomic E-state index is 0.228. The van der Waals surface area contributed by atoms with E-state index in [1.807, 2.05) is 12.1 Å². The molecule has 24 heavy (non-hydrogen) atoms. The average Bonchev–Trinajstić information content (AvgIpc) is 2.99. The first kappa shape index (κ1) is 15.4. The molecule has 1 saturated heterocycles. The Morgan fingerprint density at radius 1 is 1.08 bits per heavy atom. The fraction of sp³-hybridized carbons (Fsp3) is 0.294. The number of rotatable bonds is 2. The predicted octanol–water partition coefficient (Wildman–Crippen LogP) is 2.94. The summed E-state index contributed by atoms with van der Waals surface area (Å²) in [6, 6.07) is 8.75. The maximum absolute atomic E-state index is 14.7. The van der Waals surface area contributed by atoms with Crippen molar-refractivity contribution in [3.8, 4) is 11.3 Å². The van der Waals surface area contributed by atoms with Gasteiger partial charge in [0.05, 0.1) is 17.6 Å². The van der Waals surface area contributed by atoms with Gasteiger partial charge in [-0.2, -0.15) is 5.10 Å². The molecule has 0 aliphatic carbocycles. The monoisotopic (exact) mass is 345 g/mol. The molecule has 0 atom stereocenters. The number of fused-ring (bicyclic) bond motifs is 1. The highest BCUT2D eigenvalue weighted by Crippen LogP contribution is 2.27. The zero-order valence-electron chi connectivity index (χ0n) is 13.3. The summed E-state index contributed by atoms with van der Waals surface area (Å²) in [5, 5.41) is 4.62. The molecule has 1 aliphatic rings. The number of piperazine rings is 1. The molecule has 5 nitrogen and oxygen atoms in total. The van der Waals surface area contributed by atoms with Crippen LogP contribution in [0.15, 0.2) is 36.5 Å². The zero-order valence-corrected chi connectivity index (χ0v) is 14.0. The van der Waals surface area contributed by atoms with Crippen LogP contribution in [0.25, 0.3) is 16.9 Å². The van der Waals surface area contributed by atoms with Gasteiger partial charge in [0.1, 0.15) is 11.0 Å². The van der Waals surface area contributed by atoms with E-state index in [9.17, 15) is 4.39 Å². The van der Waals surface area contributed by atoms with Crippen molar-refractivity contribution in [1.82, 2.24) is 19.5 Å². The van der Waals surface area contributed by atoms with E-state index in [4.69, 9.17) is 11.6 Å². The molecule has 1 fully saturated rings. The summed E-state index contributed by atoms with van der Waals surface area (Å²) in [7, 11) is 2.08. The van der Waals surface area contributed by atoms with Crippen molar-refractivity contribution in [1.29, 1.82) is 0 Å². The Morgan fingerprint density at radius 2 is 1.88 bits per heavy atom. The molecule has 0 saturated carbocycles. The van der Waals surface area contributed by atoms with Crippen LogP contribution in [0.5, 0.6) is 0 Å². The number of hydrogen-bond donors (Lipinski definition) is 0. The van der Waals surface area contributed by atoms with Gasteiger partial charge in [-0.1, -0.05) is 17.7 Å². The summed E-state index contributed by atoms with van der Waals surface area (Å²) in [6.07, 6.45) is 1.68. The number of aromatic nitrogens is 3. The van der Waals surface area contributed by atoms with Crippen LogP contribution in [0, 0.1) is 5.82 Å². The van der Waals surface area contributed by atoms with E-state index in [2.05, 4.69) is 26.9 Å². The highest BCUT2D eigenvalue weighted by molar-refractivity contribution is 6.29. The van der Waals surface area contributed by atoms with Gasteiger partial charge in [0.25, 0.3) is 0 Å². The van der Waals surface area contributed by atoms with Crippen molar-refractivity contribution in [3.63, 3.8) is 0 Å². The largest absolute Gasteiger partial charge is 0.367 e. The van der Waals surface area contributed by atoms with Gasteiger partial charge in [0, 0.05) is 31.7 Å². The molecular weight excluding hydrogens is 329 g/mol. The molecule has 2 aromatic heterocycles. The number of halogens is 2. The van der Waals surface area contributed by atoms with Gasteiger partial charge in [0.2, 0.25) is 0 Å². The average molecular weight is 346 g/mol. The van der Waals surface area contributed by atoms with Crippen LogP contribution in [0.3, 0.4) is 0 Å². The van der Waals surface area contributed by atoms with Gasteiger partial charge in [-0.15, -0.1) is 0 Å². The highest BCUT2D eigenvalue weighted by Gasteiger charge is 2.18. The normalized spacial score (nSPS) is 16.0. The van der Waals surface area contributed by atoms with E-state index < -0.39 is 0 Å². The van der Waals surface area contributed by atoms with Gasteiger partial charge in [-0.25, -0.2) is 13.9 Å². The topological polar surface area (TPSA) is 36.7 Å². The summed E-state index contributed by atoms with van der Waals surface area (Å²) in [5.41, 5.74) is 2.77. The highest BCUT2D eigenvalue weighted by atomic mass is 35.5. The van der Waals surface area contributed by atoms with Crippen LogP contribution in [-0.2, 0) is 0 Å². The predicted molar refractivity (Wildman–Crippen MR) is 93.1 cm³/mol. The third-order valence-corrected chi connectivity index (χ3v) is 4.62. The molecule has 7 heteroatoms. The van der Waals surface area contributed by atoms with Gasteiger partial charge in [-0.3, -0.25) is 0 Å². The fourth-order valence-corrected chi connectivity index (χ4v) is 3.16. The lowest BCUT2D eigenvalue weighted by molar-refractivity contribution is 0.311. The van der Waals surface area contributed by atoms with Crippen molar-refractivity contribution >= 4 is 22.9 Å². The van der Waals surface area contributed by atoms with E-state index in [0.29, 0.717) is 16.5 Å². The van der Waals surface area contributed by atoms with Crippen molar-refractivity contribution in [2.75, 3.05) is 38.1 Å². The molecule has 0 amide bonds. The van der Waals surface area contributed by atoms with E-state index in [-0.39, 0.29) is 5.82 Å². The van der Waals surface area contributed by atoms with Gasteiger partial charge in [0.15, 0.2) is 5.65 Å². The van der Waals surface area contributed by atoms with Crippen molar-refractivity contribution in [2.24, 2.45) is 0 Å². The molecule has 3 heterocycles. The van der Waals surface area contributed by atoms with Crippen LogP contribution in [0.2, 0.25) is 5.15 Å². The molecule has 1 aliphatic heterocycles. The number of likely N-dealkylation sites (N-methyl/N-ethyl adjacent to an activating group) is 1. The first-order chi connectivity index (χ1) is 11.6. The SMILES string of the molecule is CN1CCN(c2ccc(-c3cnc4ccc(Cl)nn34)cc2F)CC1. The third-order valence-electron chi connectivity index (χ3n) is 4.42. The molecule has 0 bridgehead atoms. The van der Waals surface area contributed by atoms with Gasteiger partial charge >= 0.3 is 0 Å². The number of anilines is 1. The lowest BCUT2D eigenvalue weighted by atomic mass is 10.1. The molecule has 124 valence electrons. The Balaban J connectivity index is 1.69. The van der Waals surface area contributed by atoms with Gasteiger partial charge < -0.3 is 9.80 Å². The number of imidazole rings is 1. The third kappa shape index (κ3) is 2.72. The van der Waals surface area contributed by atoms with Crippen LogP contribution < -0.4 is 4.90 Å². The molecule has 4 rings (SSSR count). The smallest absolute Gasteiger partial charge is 0.154 e. The minimum Gasteiger partial charge on any atom is -0.367 e. The maximum atomic E-state index is 14.7. The molecule has 0 unspecified atom stereocenters. The van der Waals surface area contributed by atoms with Crippen molar-refractivity contribution in [3.05, 3.63) is 47.5 Å². The Labute approximate surface area is 144 Å². The summed E-state index contributed by atoms with van der Waals surface area (Å²) < 4.78 is 16.3. The van der Waals surface area contributed by atoms with Crippen LogP contribution in [0.4, 0.5) is 10.1 Å². The number of benzene rings is 1. The van der Waals surface area contributed by atoms with E-state index in [1.165, 1.54) is 0 Å². The second-order valence-electron chi connectivity index (χ2n) is 6.03. The van der Waals surface area contributed by atoms with E-state index >= 15 is 0 Å². The maximum Gasteiger partial charge on any atom is 0.154 e. The van der Waals surface area contributed by atoms with E-state index in [1.54, 1.807) is 28.9 Å². The summed E-state index contributed by atoms with van der Waals surface area (Å²) in [6.45, 7) is 3.55. The standard InChI is InChI=1S/C17H17ClFN5/c1-22-6-8-23(9-7-22)14-3-2-12(10-13(14)19)15-11-20-17-5-4-16(18)21-24(15)17/h2-5,10-11H,6-9H2,1H3. The van der Waals surface area contributed by atoms with Gasteiger partial charge in [-0.05, 0) is 31.3 Å². The van der Waals surface area contributed by atoms with Crippen LogP contribution in [0.1, 0.15) is 0 Å². The van der Waals surface area contributed by atoms with Crippen LogP contribution in [-0.4, -0.2) is 52.7 Å². The lowest BCUT2D eigenvalue weighted by Gasteiger charge is -2.34. The number of hydrogen-bond acceptors (Lipinski definition) is 4. The van der Waals surface area contributed by atoms with Crippen LogP contribution >= 0.6 is 11.6 Å².